The van der Waals surface area contributed by atoms with Gasteiger partial charge in [-0.3, -0.25) is 9.59 Å². The van der Waals surface area contributed by atoms with E-state index in [1.807, 2.05) is 0 Å². The number of esters is 2. The van der Waals surface area contributed by atoms with E-state index in [4.69, 9.17) is 14.2 Å². The summed E-state index contributed by atoms with van der Waals surface area (Å²) in [5, 5.41) is 47.2. The van der Waals surface area contributed by atoms with E-state index in [2.05, 4.69) is 0 Å². The van der Waals surface area contributed by atoms with Crippen molar-refractivity contribution in [3.63, 3.8) is 0 Å². The summed E-state index contributed by atoms with van der Waals surface area (Å²) >= 11 is 0. The average molecular weight is 545 g/mol. The second-order valence-electron chi connectivity index (χ2n) is 12.9. The monoisotopic (exact) mass is 544 g/mol. The number of aliphatic hydroxyl groups is 4. The molecule has 4 saturated carbocycles. The first kappa shape index (κ1) is 26.8. The van der Waals surface area contributed by atoms with Gasteiger partial charge in [0.05, 0.1) is 35.7 Å². The Labute approximate surface area is 226 Å². The lowest BCUT2D eigenvalue weighted by Gasteiger charge is -2.66. The lowest BCUT2D eigenvalue weighted by atomic mass is 9.45. The van der Waals surface area contributed by atoms with Crippen LogP contribution in [0.5, 0.6) is 0 Å². The summed E-state index contributed by atoms with van der Waals surface area (Å²) < 4.78 is 17.8. The Hall–Kier alpha value is -2.37. The molecule has 3 unspecified atom stereocenters. The molecule has 2 bridgehead atoms. The fraction of sp³-hybridized carbons (Fsp3) is 0.690. The van der Waals surface area contributed by atoms with E-state index < -0.39 is 87.5 Å². The average Bonchev–Trinajstić information content (AvgIpc) is 3.55. The molecule has 1 aliphatic heterocycles. The molecule has 4 N–H and O–H groups in total. The maximum atomic E-state index is 14.4. The van der Waals surface area contributed by atoms with Crippen molar-refractivity contribution in [2.24, 2.45) is 28.1 Å². The van der Waals surface area contributed by atoms with Gasteiger partial charge in [-0.05, 0) is 31.4 Å². The molecule has 39 heavy (non-hydrogen) atoms. The SMILES string of the molecule is CC(=O)O[C@@]12CO[C@@H]1C[C@H](O)[C@@]1(C)C(=O)[C@H](O)C34CC3(C)[C@@](O)(C[C@H](O)C4C)[C@@H](OC(=O)c3ccccc3)[C@H]21. The van der Waals surface area contributed by atoms with Crippen LogP contribution in [0.3, 0.4) is 0 Å². The lowest BCUT2D eigenvalue weighted by Crippen LogP contribution is -2.81. The van der Waals surface area contributed by atoms with Crippen LogP contribution in [0.2, 0.25) is 0 Å². The largest absolute Gasteiger partial charge is 0.455 e. The third-order valence-corrected chi connectivity index (χ3v) is 11.4. The Balaban J connectivity index is 1.61. The van der Waals surface area contributed by atoms with E-state index in [0.29, 0.717) is 0 Å². The highest BCUT2D eigenvalue weighted by Gasteiger charge is 2.88. The van der Waals surface area contributed by atoms with Crippen LogP contribution in [-0.2, 0) is 23.8 Å². The number of Topliss-reactive ketones (excluding diaryl/α,β-unsaturated/α-hetero) is 1. The molecule has 6 rings (SSSR count). The van der Waals surface area contributed by atoms with E-state index in [-0.39, 0.29) is 31.4 Å². The first-order chi connectivity index (χ1) is 18.2. The summed E-state index contributed by atoms with van der Waals surface area (Å²) in [4.78, 5) is 40.4. The number of fused-ring (bicyclic) bond motifs is 3. The zero-order valence-electron chi connectivity index (χ0n) is 22.5. The molecule has 0 radical (unpaired) electrons. The normalized spacial score (nSPS) is 51.6. The van der Waals surface area contributed by atoms with Gasteiger partial charge in [0.2, 0.25) is 0 Å². The standard InChI is InChI=1S/C29H36O10/c1-14-17(31)11-29(36)23(38-24(35)16-8-6-5-7-9-16)20-26(4,21(33)22(34)27(14)12-25(27,29)3)18(32)10-19-28(20,13-37-19)39-15(2)30/h5-9,14,17-20,22-23,31-32,34,36H,10-13H2,1-4H3/t14?,17-,18-,19+,20-,22-,23-,25?,26+,27?,28-,29+/m0/s1. The van der Waals surface area contributed by atoms with Crippen molar-refractivity contribution in [3.8, 4) is 0 Å². The molecule has 5 aliphatic rings. The zero-order chi connectivity index (χ0) is 28.3. The fourth-order valence-electron chi connectivity index (χ4n) is 9.03. The first-order valence-corrected chi connectivity index (χ1v) is 13.6. The molecule has 212 valence electrons. The van der Waals surface area contributed by atoms with Gasteiger partial charge in [0, 0.05) is 30.6 Å². The first-order valence-electron chi connectivity index (χ1n) is 13.6. The molecular formula is C29H36O10. The van der Waals surface area contributed by atoms with Gasteiger partial charge in [0.25, 0.3) is 0 Å². The molecule has 1 aromatic rings. The highest BCUT2D eigenvalue weighted by atomic mass is 16.6. The molecular weight excluding hydrogens is 508 g/mol. The molecule has 5 fully saturated rings. The van der Waals surface area contributed by atoms with Gasteiger partial charge in [-0.1, -0.05) is 32.0 Å². The molecule has 0 spiro atoms. The van der Waals surface area contributed by atoms with E-state index in [9.17, 15) is 34.8 Å². The lowest BCUT2D eigenvalue weighted by molar-refractivity contribution is -0.349. The molecule has 10 nitrogen and oxygen atoms in total. The summed E-state index contributed by atoms with van der Waals surface area (Å²) in [6.07, 6.45) is -6.50. The van der Waals surface area contributed by atoms with Crippen LogP contribution in [0.15, 0.2) is 30.3 Å². The molecule has 4 aliphatic carbocycles. The molecule has 12 atom stereocenters. The summed E-state index contributed by atoms with van der Waals surface area (Å²) in [5.74, 6) is -3.98. The predicted molar refractivity (Wildman–Crippen MR) is 133 cm³/mol. The third-order valence-electron chi connectivity index (χ3n) is 11.4. The predicted octanol–water partition coefficient (Wildman–Crippen LogP) is 0.772. The maximum Gasteiger partial charge on any atom is 0.338 e. The summed E-state index contributed by atoms with van der Waals surface area (Å²) in [6, 6.07) is 8.16. The van der Waals surface area contributed by atoms with Gasteiger partial charge in [0.1, 0.15) is 23.9 Å². The number of ether oxygens (including phenoxy) is 3. The summed E-state index contributed by atoms with van der Waals surface area (Å²) in [6.45, 7) is 6.03. The number of ketones is 1. The van der Waals surface area contributed by atoms with Crippen LogP contribution >= 0.6 is 0 Å². The van der Waals surface area contributed by atoms with Crippen LogP contribution in [0.25, 0.3) is 0 Å². The van der Waals surface area contributed by atoms with Crippen LogP contribution in [0, 0.1) is 28.1 Å². The smallest absolute Gasteiger partial charge is 0.338 e. The zero-order valence-corrected chi connectivity index (χ0v) is 22.5. The highest BCUT2D eigenvalue weighted by Crippen LogP contribution is 2.81. The van der Waals surface area contributed by atoms with Crippen LogP contribution in [0.1, 0.15) is 57.3 Å². The second-order valence-corrected chi connectivity index (χ2v) is 12.9. The topological polar surface area (TPSA) is 160 Å². The van der Waals surface area contributed by atoms with Gasteiger partial charge in [-0.15, -0.1) is 0 Å². The van der Waals surface area contributed by atoms with Gasteiger partial charge in [0.15, 0.2) is 11.4 Å². The molecule has 1 saturated heterocycles. The van der Waals surface area contributed by atoms with Crippen LogP contribution in [-0.4, -0.2) is 86.5 Å². The minimum atomic E-state index is -1.94. The van der Waals surface area contributed by atoms with Crippen molar-refractivity contribution < 1.29 is 49.0 Å². The van der Waals surface area contributed by atoms with Crippen molar-refractivity contribution in [2.75, 3.05) is 6.61 Å². The second kappa shape index (κ2) is 8.10. The highest BCUT2D eigenvalue weighted by molar-refractivity contribution is 5.93. The Morgan fingerprint density at radius 3 is 2.36 bits per heavy atom. The Morgan fingerprint density at radius 1 is 1.10 bits per heavy atom. The van der Waals surface area contributed by atoms with Crippen LogP contribution < -0.4 is 0 Å². The number of aliphatic hydroxyl groups excluding tert-OH is 3. The number of hydrogen-bond donors (Lipinski definition) is 4. The van der Waals surface area contributed by atoms with Crippen molar-refractivity contribution >= 4 is 17.7 Å². The van der Waals surface area contributed by atoms with Gasteiger partial charge >= 0.3 is 11.9 Å². The van der Waals surface area contributed by atoms with E-state index in [1.165, 1.54) is 13.8 Å². The van der Waals surface area contributed by atoms with E-state index >= 15 is 0 Å². The number of carbonyl (C=O) groups is 3. The molecule has 10 heteroatoms. The van der Waals surface area contributed by atoms with Crippen molar-refractivity contribution in [1.82, 2.24) is 0 Å². The van der Waals surface area contributed by atoms with Crippen LogP contribution in [0.4, 0.5) is 0 Å². The Kier molecular flexibility index (Phi) is 5.57. The Morgan fingerprint density at radius 2 is 1.77 bits per heavy atom. The Bertz CT molecular complexity index is 1240. The molecule has 0 amide bonds. The van der Waals surface area contributed by atoms with Gasteiger partial charge in [-0.2, -0.15) is 0 Å². The van der Waals surface area contributed by atoms with Gasteiger partial charge < -0.3 is 34.6 Å². The van der Waals surface area contributed by atoms with Crippen molar-refractivity contribution in [3.05, 3.63) is 35.9 Å². The van der Waals surface area contributed by atoms with Crippen molar-refractivity contribution in [1.29, 1.82) is 0 Å². The minimum Gasteiger partial charge on any atom is -0.455 e. The number of benzene rings is 1. The summed E-state index contributed by atoms with van der Waals surface area (Å²) in [7, 11) is 0. The number of rotatable bonds is 3. The summed E-state index contributed by atoms with van der Waals surface area (Å²) in [5.41, 5.74) is -7.39. The maximum absolute atomic E-state index is 14.4. The van der Waals surface area contributed by atoms with E-state index in [0.717, 1.165) is 0 Å². The number of carbonyl (C=O) groups excluding carboxylic acids is 3. The fourth-order valence-corrected chi connectivity index (χ4v) is 9.03. The van der Waals surface area contributed by atoms with Crippen molar-refractivity contribution in [2.45, 2.75) is 88.7 Å². The number of hydrogen-bond acceptors (Lipinski definition) is 10. The third kappa shape index (κ3) is 3.01. The van der Waals surface area contributed by atoms with Gasteiger partial charge in [-0.25, -0.2) is 4.79 Å². The minimum absolute atomic E-state index is 0.0566. The quantitative estimate of drug-likeness (QED) is 0.400. The van der Waals surface area contributed by atoms with E-state index in [1.54, 1.807) is 44.2 Å². The molecule has 1 aromatic carbocycles. The molecule has 1 heterocycles. The molecule has 0 aromatic heterocycles.